The van der Waals surface area contributed by atoms with Crippen LogP contribution in [0.2, 0.25) is 5.02 Å². The first-order valence-corrected chi connectivity index (χ1v) is 7.50. The molecule has 1 heterocycles. The molecule has 0 aliphatic carbocycles. The molecule has 0 spiro atoms. The standard InChI is InChI=1S/C16H21ClFNO/c1-11(2)16(20)15(10-19-8-7-14(18)9-19)12-3-5-13(17)6-4-12/h3-6,11,14-15H,7-10H2,1-2H3/t14-,15?/m0/s1. The van der Waals surface area contributed by atoms with Crippen molar-refractivity contribution in [1.82, 2.24) is 4.90 Å². The van der Waals surface area contributed by atoms with Crippen LogP contribution in [0.4, 0.5) is 4.39 Å². The Balaban J connectivity index is 2.16. The molecule has 1 aliphatic rings. The van der Waals surface area contributed by atoms with Gasteiger partial charge in [0.05, 0.1) is 5.92 Å². The predicted octanol–water partition coefficient (Wildman–Crippen LogP) is 3.69. The lowest BCUT2D eigenvalue weighted by atomic mass is 9.88. The molecule has 0 saturated carbocycles. The number of halogens is 2. The number of nitrogens with zero attached hydrogens (tertiary/aromatic N) is 1. The Bertz CT molecular complexity index is 460. The van der Waals surface area contributed by atoms with E-state index >= 15 is 0 Å². The van der Waals surface area contributed by atoms with Gasteiger partial charge in [-0.2, -0.15) is 0 Å². The Kier molecular flexibility index (Phi) is 5.17. The highest BCUT2D eigenvalue weighted by Gasteiger charge is 2.29. The summed E-state index contributed by atoms with van der Waals surface area (Å²) in [7, 11) is 0. The summed E-state index contributed by atoms with van der Waals surface area (Å²) in [6.45, 7) is 5.59. The van der Waals surface area contributed by atoms with E-state index in [1.807, 2.05) is 30.9 Å². The fourth-order valence-corrected chi connectivity index (χ4v) is 2.79. The maximum atomic E-state index is 13.3. The van der Waals surface area contributed by atoms with Crippen molar-refractivity contribution in [3.05, 3.63) is 34.9 Å². The van der Waals surface area contributed by atoms with Gasteiger partial charge in [-0.3, -0.25) is 9.69 Å². The molecule has 1 saturated heterocycles. The van der Waals surface area contributed by atoms with Crippen LogP contribution in [0.25, 0.3) is 0 Å². The van der Waals surface area contributed by atoms with E-state index in [9.17, 15) is 9.18 Å². The molecule has 1 aromatic carbocycles. The maximum Gasteiger partial charge on any atom is 0.144 e. The van der Waals surface area contributed by atoms with Crippen LogP contribution >= 0.6 is 11.6 Å². The second-order valence-electron chi connectivity index (χ2n) is 5.81. The number of hydrogen-bond donors (Lipinski definition) is 0. The normalized spacial score (nSPS) is 21.4. The van der Waals surface area contributed by atoms with E-state index in [4.69, 9.17) is 11.6 Å². The van der Waals surface area contributed by atoms with Gasteiger partial charge in [-0.05, 0) is 24.1 Å². The molecule has 1 fully saturated rings. The van der Waals surface area contributed by atoms with E-state index < -0.39 is 6.17 Å². The van der Waals surface area contributed by atoms with Crippen LogP contribution in [-0.2, 0) is 4.79 Å². The van der Waals surface area contributed by atoms with Crippen LogP contribution in [0.3, 0.4) is 0 Å². The topological polar surface area (TPSA) is 20.3 Å². The largest absolute Gasteiger partial charge is 0.299 e. The van der Waals surface area contributed by atoms with Gasteiger partial charge in [-0.25, -0.2) is 4.39 Å². The monoisotopic (exact) mass is 297 g/mol. The van der Waals surface area contributed by atoms with Gasteiger partial charge in [0.1, 0.15) is 12.0 Å². The van der Waals surface area contributed by atoms with Crippen molar-refractivity contribution < 1.29 is 9.18 Å². The molecule has 1 aliphatic heterocycles. The zero-order valence-corrected chi connectivity index (χ0v) is 12.7. The van der Waals surface area contributed by atoms with E-state index in [0.717, 1.165) is 12.1 Å². The van der Waals surface area contributed by atoms with E-state index in [2.05, 4.69) is 0 Å². The van der Waals surface area contributed by atoms with Crippen molar-refractivity contribution in [2.75, 3.05) is 19.6 Å². The lowest BCUT2D eigenvalue weighted by Gasteiger charge is -2.24. The van der Waals surface area contributed by atoms with Crippen LogP contribution in [-0.4, -0.2) is 36.5 Å². The molecular weight excluding hydrogens is 277 g/mol. The number of Topliss-reactive ketones (excluding diaryl/α,β-unsaturated/α-hetero) is 1. The molecule has 2 atom stereocenters. The lowest BCUT2D eigenvalue weighted by Crippen LogP contribution is -2.32. The summed E-state index contributed by atoms with van der Waals surface area (Å²) in [5.74, 6) is -0.0216. The highest BCUT2D eigenvalue weighted by Crippen LogP contribution is 2.25. The first kappa shape index (κ1) is 15.5. The molecule has 0 aromatic heterocycles. The summed E-state index contributed by atoms with van der Waals surface area (Å²) in [6, 6.07) is 7.41. The van der Waals surface area contributed by atoms with Crippen molar-refractivity contribution in [2.24, 2.45) is 5.92 Å². The number of benzene rings is 1. The molecular formula is C16H21ClFNO. The van der Waals surface area contributed by atoms with Gasteiger partial charge in [-0.15, -0.1) is 0 Å². The number of rotatable bonds is 5. The van der Waals surface area contributed by atoms with Crippen LogP contribution in [0.15, 0.2) is 24.3 Å². The first-order chi connectivity index (χ1) is 9.47. The molecule has 2 nitrogen and oxygen atoms in total. The molecule has 1 unspecified atom stereocenters. The van der Waals surface area contributed by atoms with Crippen LogP contribution in [0.5, 0.6) is 0 Å². The third-order valence-corrected chi connectivity index (χ3v) is 4.09. The number of carbonyl (C=O) groups excluding carboxylic acids is 1. The maximum absolute atomic E-state index is 13.3. The van der Waals surface area contributed by atoms with Crippen molar-refractivity contribution in [2.45, 2.75) is 32.4 Å². The Morgan fingerprint density at radius 2 is 2.05 bits per heavy atom. The number of carbonyl (C=O) groups is 1. The van der Waals surface area contributed by atoms with Crippen molar-refractivity contribution in [3.8, 4) is 0 Å². The summed E-state index contributed by atoms with van der Waals surface area (Å²) in [6.07, 6.45) is -0.182. The molecule has 0 radical (unpaired) electrons. The smallest absolute Gasteiger partial charge is 0.144 e. The average Bonchev–Trinajstić information content (AvgIpc) is 2.82. The summed E-state index contributed by atoms with van der Waals surface area (Å²) in [5, 5.41) is 0.662. The summed E-state index contributed by atoms with van der Waals surface area (Å²) >= 11 is 5.90. The zero-order chi connectivity index (χ0) is 14.7. The van der Waals surface area contributed by atoms with Gasteiger partial charge in [-0.1, -0.05) is 37.6 Å². The van der Waals surface area contributed by atoms with Gasteiger partial charge < -0.3 is 0 Å². The second-order valence-corrected chi connectivity index (χ2v) is 6.24. The highest BCUT2D eigenvalue weighted by atomic mass is 35.5. The van der Waals surface area contributed by atoms with E-state index in [1.165, 1.54) is 0 Å². The lowest BCUT2D eigenvalue weighted by molar-refractivity contribution is -0.123. The van der Waals surface area contributed by atoms with E-state index in [1.54, 1.807) is 12.1 Å². The number of alkyl halides is 1. The SMILES string of the molecule is CC(C)C(=O)C(CN1CC[C@H](F)C1)c1ccc(Cl)cc1. The van der Waals surface area contributed by atoms with Crippen LogP contribution in [0, 0.1) is 5.92 Å². The van der Waals surface area contributed by atoms with Crippen molar-refractivity contribution >= 4 is 17.4 Å². The molecule has 0 bridgehead atoms. The van der Waals surface area contributed by atoms with Crippen LogP contribution < -0.4 is 0 Å². The third kappa shape index (κ3) is 3.80. The van der Waals surface area contributed by atoms with E-state index in [0.29, 0.717) is 24.5 Å². The van der Waals surface area contributed by atoms with Crippen LogP contribution in [0.1, 0.15) is 31.7 Å². The van der Waals surface area contributed by atoms with Gasteiger partial charge in [0.15, 0.2) is 0 Å². The number of ketones is 1. The Morgan fingerprint density at radius 1 is 1.40 bits per heavy atom. The van der Waals surface area contributed by atoms with Crippen molar-refractivity contribution in [3.63, 3.8) is 0 Å². The van der Waals surface area contributed by atoms with Crippen molar-refractivity contribution in [1.29, 1.82) is 0 Å². The molecule has 0 amide bonds. The van der Waals surface area contributed by atoms with Gasteiger partial charge in [0.25, 0.3) is 0 Å². The summed E-state index contributed by atoms with van der Waals surface area (Å²) in [4.78, 5) is 14.5. The number of likely N-dealkylation sites (tertiary alicyclic amines) is 1. The van der Waals surface area contributed by atoms with Gasteiger partial charge in [0.2, 0.25) is 0 Å². The third-order valence-electron chi connectivity index (χ3n) is 3.84. The Labute approximate surface area is 124 Å². The molecule has 0 N–H and O–H groups in total. The molecule has 110 valence electrons. The molecule has 20 heavy (non-hydrogen) atoms. The molecule has 2 rings (SSSR count). The van der Waals surface area contributed by atoms with Gasteiger partial charge >= 0.3 is 0 Å². The summed E-state index contributed by atoms with van der Waals surface area (Å²) in [5.41, 5.74) is 0.968. The first-order valence-electron chi connectivity index (χ1n) is 7.13. The quantitative estimate of drug-likeness (QED) is 0.826. The fourth-order valence-electron chi connectivity index (χ4n) is 2.67. The molecule has 1 aromatic rings. The minimum absolute atomic E-state index is 0.0283. The number of hydrogen-bond acceptors (Lipinski definition) is 2. The van der Waals surface area contributed by atoms with Gasteiger partial charge in [0, 0.05) is 30.6 Å². The summed E-state index contributed by atoms with van der Waals surface area (Å²) < 4.78 is 13.3. The molecule has 4 heteroatoms. The average molecular weight is 298 g/mol. The fraction of sp³-hybridized carbons (Fsp3) is 0.562. The van der Waals surface area contributed by atoms with E-state index in [-0.39, 0.29) is 17.6 Å². The Morgan fingerprint density at radius 3 is 2.55 bits per heavy atom. The second kappa shape index (κ2) is 6.68. The predicted molar refractivity (Wildman–Crippen MR) is 80.0 cm³/mol. The Hall–Kier alpha value is -0.930. The minimum Gasteiger partial charge on any atom is -0.299 e. The zero-order valence-electron chi connectivity index (χ0n) is 12.0. The minimum atomic E-state index is -0.755. The highest BCUT2D eigenvalue weighted by molar-refractivity contribution is 6.30.